The van der Waals surface area contributed by atoms with Gasteiger partial charge in [-0.05, 0) is 30.7 Å². The van der Waals surface area contributed by atoms with Crippen LogP contribution in [0.3, 0.4) is 0 Å². The van der Waals surface area contributed by atoms with Gasteiger partial charge in [-0.3, -0.25) is 4.79 Å². The Labute approximate surface area is 131 Å². The summed E-state index contributed by atoms with van der Waals surface area (Å²) in [4.78, 5) is 14.3. The average molecular weight is 299 g/mol. The van der Waals surface area contributed by atoms with E-state index in [0.717, 1.165) is 5.56 Å². The zero-order valence-electron chi connectivity index (χ0n) is 13.4. The minimum absolute atomic E-state index is 0.101. The number of benzene rings is 2. The summed E-state index contributed by atoms with van der Waals surface area (Å²) < 4.78 is 10.5. The third-order valence-corrected chi connectivity index (χ3v) is 3.52. The Bertz CT molecular complexity index is 650. The molecule has 0 atom stereocenters. The van der Waals surface area contributed by atoms with E-state index in [1.165, 1.54) is 5.56 Å². The van der Waals surface area contributed by atoms with Crippen LogP contribution in [0.1, 0.15) is 21.5 Å². The summed E-state index contributed by atoms with van der Waals surface area (Å²) in [6.07, 6.45) is 0. The van der Waals surface area contributed by atoms with E-state index < -0.39 is 0 Å². The molecule has 0 aliphatic rings. The second kappa shape index (κ2) is 6.98. The maximum atomic E-state index is 12.7. The standard InChI is InChI=1S/C18H21NO3/c1-13-5-7-14(8-6-13)12-19(2)18(20)16-11-15(21-3)9-10-17(16)22-4/h5-11H,12H2,1-4H3. The fourth-order valence-electron chi connectivity index (χ4n) is 2.23. The number of nitrogens with zero attached hydrogens (tertiary/aromatic N) is 1. The van der Waals surface area contributed by atoms with Crippen molar-refractivity contribution in [3.63, 3.8) is 0 Å². The van der Waals surface area contributed by atoms with Gasteiger partial charge in [0.1, 0.15) is 11.5 Å². The Morgan fingerprint density at radius 3 is 2.32 bits per heavy atom. The molecular formula is C18H21NO3. The highest BCUT2D eigenvalue weighted by Crippen LogP contribution is 2.25. The molecule has 0 aliphatic heterocycles. The summed E-state index contributed by atoms with van der Waals surface area (Å²) in [5, 5.41) is 0. The van der Waals surface area contributed by atoms with Gasteiger partial charge in [-0.25, -0.2) is 0 Å². The van der Waals surface area contributed by atoms with Crippen molar-refractivity contribution in [2.75, 3.05) is 21.3 Å². The number of hydrogen-bond donors (Lipinski definition) is 0. The van der Waals surface area contributed by atoms with Crippen LogP contribution in [-0.4, -0.2) is 32.1 Å². The highest BCUT2D eigenvalue weighted by molar-refractivity contribution is 5.97. The molecule has 2 aromatic rings. The van der Waals surface area contributed by atoms with Crippen LogP contribution in [0.4, 0.5) is 0 Å². The molecular weight excluding hydrogens is 278 g/mol. The molecule has 0 fully saturated rings. The predicted molar refractivity (Wildman–Crippen MR) is 86.5 cm³/mol. The van der Waals surface area contributed by atoms with Gasteiger partial charge < -0.3 is 14.4 Å². The van der Waals surface area contributed by atoms with Crippen LogP contribution in [0.15, 0.2) is 42.5 Å². The quantitative estimate of drug-likeness (QED) is 0.850. The molecule has 0 aromatic heterocycles. The smallest absolute Gasteiger partial charge is 0.257 e. The highest BCUT2D eigenvalue weighted by atomic mass is 16.5. The molecule has 116 valence electrons. The van der Waals surface area contributed by atoms with Crippen LogP contribution in [0.2, 0.25) is 0 Å². The van der Waals surface area contributed by atoms with Crippen molar-refractivity contribution in [2.24, 2.45) is 0 Å². The third-order valence-electron chi connectivity index (χ3n) is 3.52. The van der Waals surface area contributed by atoms with Gasteiger partial charge in [0.2, 0.25) is 0 Å². The van der Waals surface area contributed by atoms with Gasteiger partial charge in [0.05, 0.1) is 19.8 Å². The van der Waals surface area contributed by atoms with Crippen LogP contribution in [-0.2, 0) is 6.54 Å². The molecule has 0 aliphatic carbocycles. The van der Waals surface area contributed by atoms with Crippen molar-refractivity contribution in [3.05, 3.63) is 59.2 Å². The lowest BCUT2D eigenvalue weighted by atomic mass is 10.1. The molecule has 0 saturated carbocycles. The molecule has 22 heavy (non-hydrogen) atoms. The van der Waals surface area contributed by atoms with E-state index in [0.29, 0.717) is 23.6 Å². The number of carbonyl (C=O) groups is 1. The van der Waals surface area contributed by atoms with Crippen molar-refractivity contribution >= 4 is 5.91 Å². The van der Waals surface area contributed by atoms with E-state index in [1.807, 2.05) is 31.2 Å². The lowest BCUT2D eigenvalue weighted by Crippen LogP contribution is -2.26. The summed E-state index contributed by atoms with van der Waals surface area (Å²) in [6, 6.07) is 13.4. The van der Waals surface area contributed by atoms with Gasteiger partial charge >= 0.3 is 0 Å². The summed E-state index contributed by atoms with van der Waals surface area (Å²) in [7, 11) is 4.91. The second-order valence-electron chi connectivity index (χ2n) is 5.21. The topological polar surface area (TPSA) is 38.8 Å². The van der Waals surface area contributed by atoms with E-state index in [4.69, 9.17) is 9.47 Å². The molecule has 0 bridgehead atoms. The summed E-state index contributed by atoms with van der Waals surface area (Å²) in [5.74, 6) is 1.07. The van der Waals surface area contributed by atoms with Crippen LogP contribution < -0.4 is 9.47 Å². The lowest BCUT2D eigenvalue weighted by molar-refractivity contribution is 0.0781. The predicted octanol–water partition coefficient (Wildman–Crippen LogP) is 3.28. The minimum atomic E-state index is -0.101. The summed E-state index contributed by atoms with van der Waals surface area (Å²) >= 11 is 0. The third kappa shape index (κ3) is 3.58. The molecule has 0 N–H and O–H groups in total. The Morgan fingerprint density at radius 1 is 1.05 bits per heavy atom. The zero-order chi connectivity index (χ0) is 16.1. The Morgan fingerprint density at radius 2 is 1.73 bits per heavy atom. The first-order valence-electron chi connectivity index (χ1n) is 7.08. The Balaban J connectivity index is 2.21. The molecule has 4 nitrogen and oxygen atoms in total. The first-order valence-corrected chi connectivity index (χ1v) is 7.08. The fourth-order valence-corrected chi connectivity index (χ4v) is 2.23. The first kappa shape index (κ1) is 15.9. The van der Waals surface area contributed by atoms with E-state index >= 15 is 0 Å². The average Bonchev–Trinajstić information content (AvgIpc) is 2.55. The largest absolute Gasteiger partial charge is 0.497 e. The molecule has 2 rings (SSSR count). The first-order chi connectivity index (χ1) is 10.5. The molecule has 0 unspecified atom stereocenters. The number of methoxy groups -OCH3 is 2. The minimum Gasteiger partial charge on any atom is -0.497 e. The fraction of sp³-hybridized carbons (Fsp3) is 0.278. The van der Waals surface area contributed by atoms with E-state index in [2.05, 4.69) is 0 Å². The maximum Gasteiger partial charge on any atom is 0.257 e. The molecule has 0 spiro atoms. The van der Waals surface area contributed by atoms with Crippen LogP contribution >= 0.6 is 0 Å². The van der Waals surface area contributed by atoms with Crippen LogP contribution in [0.5, 0.6) is 11.5 Å². The molecule has 0 saturated heterocycles. The Kier molecular flexibility index (Phi) is 5.04. The van der Waals surface area contributed by atoms with Crippen molar-refractivity contribution in [2.45, 2.75) is 13.5 Å². The van der Waals surface area contributed by atoms with Crippen molar-refractivity contribution in [3.8, 4) is 11.5 Å². The van der Waals surface area contributed by atoms with Gasteiger partial charge in [-0.2, -0.15) is 0 Å². The normalized spacial score (nSPS) is 10.2. The van der Waals surface area contributed by atoms with Gasteiger partial charge in [0.15, 0.2) is 0 Å². The van der Waals surface area contributed by atoms with Gasteiger partial charge in [-0.15, -0.1) is 0 Å². The van der Waals surface area contributed by atoms with E-state index in [9.17, 15) is 4.79 Å². The Hall–Kier alpha value is -2.49. The number of rotatable bonds is 5. The van der Waals surface area contributed by atoms with Gasteiger partial charge in [0, 0.05) is 13.6 Å². The van der Waals surface area contributed by atoms with Crippen molar-refractivity contribution < 1.29 is 14.3 Å². The number of carbonyl (C=O) groups excluding carboxylic acids is 1. The van der Waals surface area contributed by atoms with Gasteiger partial charge in [0.25, 0.3) is 5.91 Å². The highest BCUT2D eigenvalue weighted by Gasteiger charge is 2.17. The SMILES string of the molecule is COc1ccc(OC)c(C(=O)N(C)Cc2ccc(C)cc2)c1. The lowest BCUT2D eigenvalue weighted by Gasteiger charge is -2.19. The molecule has 0 radical (unpaired) electrons. The molecule has 1 amide bonds. The molecule has 0 heterocycles. The number of aryl methyl sites for hydroxylation is 1. The number of amides is 1. The van der Waals surface area contributed by atoms with E-state index in [1.54, 1.807) is 44.4 Å². The summed E-state index contributed by atoms with van der Waals surface area (Å²) in [6.45, 7) is 2.58. The molecule has 4 heteroatoms. The van der Waals surface area contributed by atoms with Crippen molar-refractivity contribution in [1.82, 2.24) is 4.90 Å². The summed E-state index contributed by atoms with van der Waals surface area (Å²) in [5.41, 5.74) is 2.78. The monoisotopic (exact) mass is 299 g/mol. The van der Waals surface area contributed by atoms with Crippen LogP contribution in [0.25, 0.3) is 0 Å². The zero-order valence-corrected chi connectivity index (χ0v) is 13.4. The number of ether oxygens (including phenoxy) is 2. The van der Waals surface area contributed by atoms with Gasteiger partial charge in [-0.1, -0.05) is 29.8 Å². The maximum absolute atomic E-state index is 12.7. The molecule has 2 aromatic carbocycles. The number of hydrogen-bond acceptors (Lipinski definition) is 3. The van der Waals surface area contributed by atoms with Crippen molar-refractivity contribution in [1.29, 1.82) is 0 Å². The van der Waals surface area contributed by atoms with Crippen LogP contribution in [0, 0.1) is 6.92 Å². The second-order valence-corrected chi connectivity index (χ2v) is 5.21. The van der Waals surface area contributed by atoms with E-state index in [-0.39, 0.29) is 5.91 Å².